The van der Waals surface area contributed by atoms with Crippen molar-refractivity contribution in [2.24, 2.45) is 0 Å². The second-order valence-electron chi connectivity index (χ2n) is 2.97. The van der Waals surface area contributed by atoms with Gasteiger partial charge in [-0.15, -0.1) is 0 Å². The fourth-order valence-electron chi connectivity index (χ4n) is 1.35. The molecule has 0 atom stereocenters. The lowest BCUT2D eigenvalue weighted by Gasteiger charge is -2.15. The van der Waals surface area contributed by atoms with Gasteiger partial charge in [-0.05, 0) is 6.07 Å². The van der Waals surface area contributed by atoms with Gasteiger partial charge in [-0.3, -0.25) is 0 Å². The topological polar surface area (TPSA) is 17.1 Å². The summed E-state index contributed by atoms with van der Waals surface area (Å²) < 4.78 is 13.3. The molecule has 13 heavy (non-hydrogen) atoms. The third kappa shape index (κ3) is 2.24. The van der Waals surface area contributed by atoms with Crippen LogP contribution in [0.1, 0.15) is 13.8 Å². The normalized spacial score (nSPS) is 11.6. The monoisotopic (exact) mass is 260 g/mol. The molecule has 3 heteroatoms. The highest BCUT2D eigenvalue weighted by molar-refractivity contribution is 9.10. The van der Waals surface area contributed by atoms with Crippen molar-refractivity contribution in [1.29, 1.82) is 0 Å². The second-order valence-corrected chi connectivity index (χ2v) is 7.35. The van der Waals surface area contributed by atoms with Crippen LogP contribution in [0.4, 0.5) is 0 Å². The molecule has 0 N–H and O–H groups in total. The van der Waals surface area contributed by atoms with Gasteiger partial charge in [0.05, 0.1) is 0 Å². The molecule has 0 bridgehead atoms. The third-order valence-electron chi connectivity index (χ3n) is 2.31. The van der Waals surface area contributed by atoms with Crippen molar-refractivity contribution in [3.05, 3.63) is 28.7 Å². The van der Waals surface area contributed by atoms with Crippen LogP contribution in [0, 0.1) is 0 Å². The smallest absolute Gasteiger partial charge is 0.116 e. The molecule has 0 saturated heterocycles. The van der Waals surface area contributed by atoms with E-state index in [1.807, 2.05) is 38.1 Å². The Morgan fingerprint density at radius 3 is 2.23 bits per heavy atom. The highest BCUT2D eigenvalue weighted by atomic mass is 79.9. The molecular weight excluding hydrogens is 247 g/mol. The molecule has 72 valence electrons. The van der Waals surface area contributed by atoms with Crippen LogP contribution in [-0.2, 0) is 4.57 Å². The molecule has 0 aliphatic heterocycles. The van der Waals surface area contributed by atoms with Gasteiger partial charge in [0.15, 0.2) is 0 Å². The largest absolute Gasteiger partial charge is 0.319 e. The number of rotatable bonds is 3. The summed E-state index contributed by atoms with van der Waals surface area (Å²) in [5.41, 5.74) is 0. The van der Waals surface area contributed by atoms with E-state index in [0.29, 0.717) is 0 Å². The molecule has 0 fully saturated rings. The van der Waals surface area contributed by atoms with Crippen molar-refractivity contribution < 1.29 is 4.57 Å². The van der Waals surface area contributed by atoms with E-state index in [1.165, 1.54) is 0 Å². The van der Waals surface area contributed by atoms with Gasteiger partial charge >= 0.3 is 0 Å². The zero-order valence-corrected chi connectivity index (χ0v) is 10.4. The Kier molecular flexibility index (Phi) is 3.75. The van der Waals surface area contributed by atoms with Crippen molar-refractivity contribution >= 4 is 28.4 Å². The van der Waals surface area contributed by atoms with E-state index in [2.05, 4.69) is 15.9 Å². The molecule has 0 aliphatic carbocycles. The van der Waals surface area contributed by atoms with Crippen LogP contribution in [0.5, 0.6) is 0 Å². The van der Waals surface area contributed by atoms with Crippen molar-refractivity contribution in [2.45, 2.75) is 13.8 Å². The van der Waals surface area contributed by atoms with Crippen molar-refractivity contribution in [3.8, 4) is 0 Å². The van der Waals surface area contributed by atoms with Gasteiger partial charge in [0.25, 0.3) is 0 Å². The number of benzene rings is 1. The predicted octanol–water partition coefficient (Wildman–Crippen LogP) is 3.48. The second kappa shape index (κ2) is 4.43. The minimum absolute atomic E-state index is 0.742. The number of hydrogen-bond acceptors (Lipinski definition) is 1. The van der Waals surface area contributed by atoms with E-state index in [-0.39, 0.29) is 0 Å². The minimum atomic E-state index is -2.12. The Morgan fingerprint density at radius 1 is 1.23 bits per heavy atom. The lowest BCUT2D eigenvalue weighted by atomic mass is 10.4. The van der Waals surface area contributed by atoms with Gasteiger partial charge in [0.1, 0.15) is 7.14 Å². The summed E-state index contributed by atoms with van der Waals surface area (Å²) in [4.78, 5) is 0. The van der Waals surface area contributed by atoms with E-state index in [4.69, 9.17) is 0 Å². The van der Waals surface area contributed by atoms with Gasteiger partial charge in [-0.25, -0.2) is 0 Å². The lowest BCUT2D eigenvalue weighted by molar-refractivity contribution is 0.582. The maximum Gasteiger partial charge on any atom is 0.116 e. The molecule has 0 aliphatic rings. The van der Waals surface area contributed by atoms with E-state index < -0.39 is 7.14 Å². The Bertz CT molecular complexity index is 327. The lowest BCUT2D eigenvalue weighted by Crippen LogP contribution is -2.09. The first kappa shape index (κ1) is 11.0. The Morgan fingerprint density at radius 2 is 1.77 bits per heavy atom. The molecule has 1 rings (SSSR count). The summed E-state index contributed by atoms with van der Waals surface area (Å²) in [5, 5.41) is 0.986. The van der Waals surface area contributed by atoms with Crippen molar-refractivity contribution in [1.82, 2.24) is 0 Å². The quantitative estimate of drug-likeness (QED) is 0.761. The molecule has 0 amide bonds. The van der Waals surface area contributed by atoms with Gasteiger partial charge < -0.3 is 4.57 Å². The summed E-state index contributed by atoms with van der Waals surface area (Å²) in [6.07, 6.45) is 1.48. The molecule has 0 radical (unpaired) electrons. The van der Waals surface area contributed by atoms with Gasteiger partial charge in [0, 0.05) is 22.1 Å². The van der Waals surface area contributed by atoms with E-state index in [1.54, 1.807) is 0 Å². The first-order valence-corrected chi connectivity index (χ1v) is 7.34. The van der Waals surface area contributed by atoms with Crippen LogP contribution in [0.25, 0.3) is 0 Å². The van der Waals surface area contributed by atoms with Gasteiger partial charge in [-0.1, -0.05) is 48.0 Å². The minimum Gasteiger partial charge on any atom is -0.319 e. The fraction of sp³-hybridized carbons (Fsp3) is 0.400. The SMILES string of the molecule is CCP(=O)(CC)c1ccccc1Br. The average molecular weight is 261 g/mol. The Balaban J connectivity index is 3.20. The van der Waals surface area contributed by atoms with Crippen molar-refractivity contribution in [3.63, 3.8) is 0 Å². The van der Waals surface area contributed by atoms with Crippen LogP contribution < -0.4 is 5.30 Å². The predicted molar refractivity (Wildman–Crippen MR) is 62.5 cm³/mol. The third-order valence-corrected chi connectivity index (χ3v) is 6.62. The maximum absolute atomic E-state index is 12.3. The molecule has 0 unspecified atom stereocenters. The molecule has 0 aromatic heterocycles. The summed E-state index contributed by atoms with van der Waals surface area (Å²) in [5.74, 6) is 0. The van der Waals surface area contributed by atoms with Crippen LogP contribution in [0.2, 0.25) is 0 Å². The summed E-state index contributed by atoms with van der Waals surface area (Å²) in [6, 6.07) is 7.80. The molecule has 1 aromatic carbocycles. The number of halogens is 1. The van der Waals surface area contributed by atoms with Gasteiger partial charge in [-0.2, -0.15) is 0 Å². The van der Waals surface area contributed by atoms with Crippen molar-refractivity contribution in [2.75, 3.05) is 12.3 Å². The highest BCUT2D eigenvalue weighted by Crippen LogP contribution is 2.45. The van der Waals surface area contributed by atoms with Crippen LogP contribution >= 0.6 is 23.1 Å². The first-order valence-electron chi connectivity index (χ1n) is 4.47. The molecule has 0 spiro atoms. The molecule has 0 heterocycles. The molecular formula is C10H14BrOP. The molecule has 0 saturated carbocycles. The Hall–Kier alpha value is -0.0700. The maximum atomic E-state index is 12.3. The summed E-state index contributed by atoms with van der Waals surface area (Å²) >= 11 is 3.44. The average Bonchev–Trinajstić information content (AvgIpc) is 2.17. The Labute approximate surface area is 88.0 Å². The molecule has 1 aromatic rings. The zero-order valence-electron chi connectivity index (χ0n) is 7.96. The van der Waals surface area contributed by atoms with E-state index >= 15 is 0 Å². The van der Waals surface area contributed by atoms with E-state index in [0.717, 1.165) is 22.1 Å². The first-order chi connectivity index (χ1) is 6.14. The number of hydrogen-bond donors (Lipinski definition) is 0. The zero-order chi connectivity index (χ0) is 9.90. The van der Waals surface area contributed by atoms with Crippen LogP contribution in [0.3, 0.4) is 0 Å². The standard InChI is InChI=1S/C10H14BrOP/c1-3-13(12,4-2)10-8-6-5-7-9(10)11/h5-8H,3-4H2,1-2H3. The molecule has 1 nitrogen and oxygen atoms in total. The van der Waals surface area contributed by atoms with Crippen LogP contribution in [0.15, 0.2) is 28.7 Å². The highest BCUT2D eigenvalue weighted by Gasteiger charge is 2.21. The van der Waals surface area contributed by atoms with Crippen LogP contribution in [-0.4, -0.2) is 12.3 Å². The van der Waals surface area contributed by atoms with Gasteiger partial charge in [0.2, 0.25) is 0 Å². The summed E-state index contributed by atoms with van der Waals surface area (Å²) in [7, 11) is -2.12. The summed E-state index contributed by atoms with van der Waals surface area (Å²) in [6.45, 7) is 3.98. The fourth-order valence-corrected chi connectivity index (χ4v) is 4.55. The van der Waals surface area contributed by atoms with E-state index in [9.17, 15) is 4.57 Å².